The van der Waals surface area contributed by atoms with Crippen LogP contribution in [0.5, 0.6) is 0 Å². The van der Waals surface area contributed by atoms with Crippen LogP contribution in [0.15, 0.2) is 22.7 Å². The molecule has 0 heterocycles. The molecule has 3 N–H and O–H groups in total. The van der Waals surface area contributed by atoms with E-state index in [9.17, 15) is 4.39 Å². The van der Waals surface area contributed by atoms with Crippen molar-refractivity contribution in [1.82, 2.24) is 5.43 Å². The zero-order valence-electron chi connectivity index (χ0n) is 9.06. The lowest BCUT2D eigenvalue weighted by atomic mass is 10.0. The first kappa shape index (κ1) is 13.2. The van der Waals surface area contributed by atoms with Gasteiger partial charge in [-0.1, -0.05) is 15.9 Å². The predicted molar refractivity (Wildman–Crippen MR) is 66.8 cm³/mol. The molecule has 0 amide bonds. The molecule has 0 spiro atoms. The smallest absolute Gasteiger partial charge is 0.123 e. The van der Waals surface area contributed by atoms with Crippen LogP contribution >= 0.6 is 15.9 Å². The largest absolute Gasteiger partial charge is 0.271 e. The van der Waals surface area contributed by atoms with Gasteiger partial charge in [-0.15, -0.1) is 11.8 Å². The van der Waals surface area contributed by atoms with Gasteiger partial charge in [0.15, 0.2) is 0 Å². The number of rotatable bonds is 4. The normalized spacial score (nSPS) is 11.8. The number of hydrogen-bond acceptors (Lipinski definition) is 2. The second-order valence-electron chi connectivity index (χ2n) is 3.35. The Kier molecular flexibility index (Phi) is 5.47. The van der Waals surface area contributed by atoms with Crippen LogP contribution in [0.4, 0.5) is 4.39 Å². The summed E-state index contributed by atoms with van der Waals surface area (Å²) in [5.41, 5.74) is 3.50. The van der Waals surface area contributed by atoms with Gasteiger partial charge in [0, 0.05) is 16.9 Å². The maximum Gasteiger partial charge on any atom is 0.123 e. The van der Waals surface area contributed by atoms with Gasteiger partial charge in [0.05, 0.1) is 0 Å². The number of benzene rings is 1. The fourth-order valence-corrected chi connectivity index (χ4v) is 1.97. The predicted octanol–water partition coefficient (Wildman–Crippen LogP) is 2.90. The molecule has 4 heteroatoms. The highest BCUT2D eigenvalue weighted by molar-refractivity contribution is 9.10. The van der Waals surface area contributed by atoms with Gasteiger partial charge in [-0.05, 0) is 37.1 Å². The van der Waals surface area contributed by atoms with Crippen LogP contribution in [0.25, 0.3) is 0 Å². The van der Waals surface area contributed by atoms with E-state index in [1.807, 2.05) is 0 Å². The van der Waals surface area contributed by atoms with Crippen molar-refractivity contribution in [1.29, 1.82) is 0 Å². The van der Waals surface area contributed by atoms with Crippen molar-refractivity contribution in [2.24, 2.45) is 5.84 Å². The molecule has 1 atom stereocenters. The zero-order chi connectivity index (χ0) is 12.0. The maximum absolute atomic E-state index is 13.1. The highest BCUT2D eigenvalue weighted by Gasteiger charge is 2.13. The molecule has 86 valence electrons. The standard InChI is InChI=1S/C12H14BrFN2/c1-2-3-4-5-12(16-15)10-8-9(14)6-7-11(10)13/h6-8,12,16H,4-5,15H2,1H3. The monoisotopic (exact) mass is 284 g/mol. The van der Waals surface area contributed by atoms with Crippen molar-refractivity contribution in [2.45, 2.75) is 25.8 Å². The molecule has 0 saturated carbocycles. The molecule has 0 aromatic heterocycles. The first-order chi connectivity index (χ1) is 7.69. The molecule has 1 aromatic rings. The summed E-state index contributed by atoms with van der Waals surface area (Å²) in [5, 5.41) is 0. The van der Waals surface area contributed by atoms with Gasteiger partial charge in [0.2, 0.25) is 0 Å². The summed E-state index contributed by atoms with van der Waals surface area (Å²) in [6.07, 6.45) is 1.48. The van der Waals surface area contributed by atoms with Crippen LogP contribution in [-0.2, 0) is 0 Å². The summed E-state index contributed by atoms with van der Waals surface area (Å²) in [4.78, 5) is 0. The lowest BCUT2D eigenvalue weighted by Gasteiger charge is -2.16. The van der Waals surface area contributed by atoms with E-state index in [4.69, 9.17) is 5.84 Å². The zero-order valence-corrected chi connectivity index (χ0v) is 10.6. The van der Waals surface area contributed by atoms with Gasteiger partial charge in [-0.25, -0.2) is 4.39 Å². The first-order valence-electron chi connectivity index (χ1n) is 4.99. The molecule has 0 aliphatic rings. The van der Waals surface area contributed by atoms with Crippen molar-refractivity contribution in [3.8, 4) is 11.8 Å². The number of hydrazine groups is 1. The van der Waals surface area contributed by atoms with Crippen LogP contribution in [0.2, 0.25) is 0 Å². The molecule has 0 bridgehead atoms. The molecule has 0 aliphatic carbocycles. The highest BCUT2D eigenvalue weighted by Crippen LogP contribution is 2.26. The fourth-order valence-electron chi connectivity index (χ4n) is 1.45. The maximum atomic E-state index is 13.1. The fraction of sp³-hybridized carbons (Fsp3) is 0.333. The Morgan fingerprint density at radius 1 is 1.56 bits per heavy atom. The molecule has 1 aromatic carbocycles. The minimum atomic E-state index is -0.264. The minimum absolute atomic E-state index is 0.0917. The van der Waals surface area contributed by atoms with Crippen LogP contribution in [0, 0.1) is 17.7 Å². The minimum Gasteiger partial charge on any atom is -0.271 e. The summed E-state index contributed by atoms with van der Waals surface area (Å²) >= 11 is 3.38. The highest BCUT2D eigenvalue weighted by atomic mass is 79.9. The Morgan fingerprint density at radius 3 is 2.94 bits per heavy atom. The van der Waals surface area contributed by atoms with Crippen LogP contribution in [0.1, 0.15) is 31.4 Å². The van der Waals surface area contributed by atoms with E-state index in [1.54, 1.807) is 13.0 Å². The van der Waals surface area contributed by atoms with E-state index in [0.29, 0.717) is 0 Å². The lowest BCUT2D eigenvalue weighted by molar-refractivity contribution is 0.517. The second-order valence-corrected chi connectivity index (χ2v) is 4.20. The van der Waals surface area contributed by atoms with Gasteiger partial charge < -0.3 is 0 Å². The van der Waals surface area contributed by atoms with Gasteiger partial charge in [0.1, 0.15) is 5.82 Å². The van der Waals surface area contributed by atoms with Crippen molar-refractivity contribution < 1.29 is 4.39 Å². The third-order valence-electron chi connectivity index (χ3n) is 2.27. The number of nitrogens with two attached hydrogens (primary N) is 1. The summed E-state index contributed by atoms with van der Waals surface area (Å²) in [6.45, 7) is 1.79. The molecular weight excluding hydrogens is 271 g/mol. The summed E-state index contributed by atoms with van der Waals surface area (Å²) in [6, 6.07) is 4.48. The molecule has 1 rings (SSSR count). The van der Waals surface area contributed by atoms with Crippen molar-refractivity contribution in [3.05, 3.63) is 34.1 Å². The van der Waals surface area contributed by atoms with Gasteiger partial charge in [-0.3, -0.25) is 11.3 Å². The molecule has 0 saturated heterocycles. The summed E-state index contributed by atoms with van der Waals surface area (Å²) in [5.74, 6) is 11.0. The van der Waals surface area contributed by atoms with Gasteiger partial charge >= 0.3 is 0 Å². The van der Waals surface area contributed by atoms with Crippen LogP contribution in [-0.4, -0.2) is 0 Å². The van der Waals surface area contributed by atoms with Crippen molar-refractivity contribution in [3.63, 3.8) is 0 Å². The van der Waals surface area contributed by atoms with Crippen molar-refractivity contribution >= 4 is 15.9 Å². The second kappa shape index (κ2) is 6.64. The van der Waals surface area contributed by atoms with E-state index in [0.717, 1.165) is 22.9 Å². The molecule has 0 aliphatic heterocycles. The van der Waals surface area contributed by atoms with E-state index in [2.05, 4.69) is 33.2 Å². The Balaban J connectivity index is 2.84. The Hall–Kier alpha value is -0.890. The van der Waals surface area contributed by atoms with Gasteiger partial charge in [0.25, 0.3) is 0 Å². The van der Waals surface area contributed by atoms with Crippen molar-refractivity contribution in [2.75, 3.05) is 0 Å². The van der Waals surface area contributed by atoms with Gasteiger partial charge in [-0.2, -0.15) is 0 Å². The molecular formula is C12H14BrFN2. The quantitative estimate of drug-likeness (QED) is 0.507. The Labute approximate surface area is 104 Å². The first-order valence-corrected chi connectivity index (χ1v) is 5.79. The lowest BCUT2D eigenvalue weighted by Crippen LogP contribution is -2.28. The molecule has 0 radical (unpaired) electrons. The third kappa shape index (κ3) is 3.60. The van der Waals surface area contributed by atoms with E-state index >= 15 is 0 Å². The number of halogens is 2. The Morgan fingerprint density at radius 2 is 2.31 bits per heavy atom. The molecule has 16 heavy (non-hydrogen) atoms. The third-order valence-corrected chi connectivity index (χ3v) is 2.99. The van der Waals surface area contributed by atoms with E-state index < -0.39 is 0 Å². The van der Waals surface area contributed by atoms with E-state index in [1.165, 1.54) is 12.1 Å². The summed E-state index contributed by atoms with van der Waals surface area (Å²) < 4.78 is 14.0. The average Bonchev–Trinajstić information content (AvgIpc) is 2.28. The average molecular weight is 285 g/mol. The summed E-state index contributed by atoms with van der Waals surface area (Å²) in [7, 11) is 0. The number of hydrogen-bond donors (Lipinski definition) is 2. The van der Waals surface area contributed by atoms with Crippen LogP contribution < -0.4 is 11.3 Å². The van der Waals surface area contributed by atoms with Crippen LogP contribution in [0.3, 0.4) is 0 Å². The molecule has 0 fully saturated rings. The van der Waals surface area contributed by atoms with E-state index in [-0.39, 0.29) is 11.9 Å². The molecule has 2 nitrogen and oxygen atoms in total. The SMILES string of the molecule is CC#CCCC(NN)c1cc(F)ccc1Br. The molecule has 1 unspecified atom stereocenters. The Bertz CT molecular complexity index is 409. The topological polar surface area (TPSA) is 38.0 Å². The number of nitrogens with one attached hydrogen (secondary N) is 1.